The first-order valence-electron chi connectivity index (χ1n) is 8.31. The first-order valence-corrected chi connectivity index (χ1v) is 8.31. The molecule has 1 rings (SSSR count). The number of hydrogen-bond acceptors (Lipinski definition) is 4. The molecule has 0 heterocycles. The van der Waals surface area contributed by atoms with Crippen molar-refractivity contribution in [2.24, 2.45) is 0 Å². The van der Waals surface area contributed by atoms with Gasteiger partial charge in [0.1, 0.15) is 5.75 Å². The van der Waals surface area contributed by atoms with Crippen LogP contribution in [0.1, 0.15) is 32.8 Å². The highest BCUT2D eigenvalue weighted by molar-refractivity contribution is 5.91. The van der Waals surface area contributed by atoms with Gasteiger partial charge in [-0.05, 0) is 43.3 Å². The summed E-state index contributed by atoms with van der Waals surface area (Å²) in [7, 11) is 0. The molecule has 1 aromatic carbocycles. The second-order valence-electron chi connectivity index (χ2n) is 5.30. The van der Waals surface area contributed by atoms with Crippen LogP contribution in [0, 0.1) is 0 Å². The number of ether oxygens (including phenoxy) is 1. The van der Waals surface area contributed by atoms with Crippen molar-refractivity contribution in [3.63, 3.8) is 0 Å². The number of amides is 1. The molecule has 0 spiro atoms. The molecule has 0 saturated heterocycles. The number of nitrogens with zero attached hydrogens (tertiary/aromatic N) is 1. The summed E-state index contributed by atoms with van der Waals surface area (Å²) in [5.74, 6) is 0.592. The molecule has 0 unspecified atom stereocenters. The standard InChI is InChI=1S/C18H29N3O2/c1-4-13-23-17-9-7-15(14-16(17)19)8-10-18(22)20-11-12-21(5-2)6-3/h7-10,14H,4-6,11-13,19H2,1-3H3,(H,20,22)/b10-8-. The predicted molar refractivity (Wildman–Crippen MR) is 96.5 cm³/mol. The minimum atomic E-state index is -0.0953. The zero-order valence-electron chi connectivity index (χ0n) is 14.5. The molecular formula is C18H29N3O2. The van der Waals surface area contributed by atoms with Crippen LogP contribution in [0.4, 0.5) is 5.69 Å². The van der Waals surface area contributed by atoms with Gasteiger partial charge in [0.15, 0.2) is 0 Å². The predicted octanol–water partition coefficient (Wildman–Crippen LogP) is 2.53. The summed E-state index contributed by atoms with van der Waals surface area (Å²) in [6.45, 7) is 10.4. The largest absolute Gasteiger partial charge is 0.491 e. The van der Waals surface area contributed by atoms with E-state index in [1.165, 1.54) is 6.08 Å². The molecular weight excluding hydrogens is 290 g/mol. The Morgan fingerprint density at radius 1 is 1.30 bits per heavy atom. The van der Waals surface area contributed by atoms with Crippen LogP contribution in [0.2, 0.25) is 0 Å². The zero-order valence-corrected chi connectivity index (χ0v) is 14.5. The topological polar surface area (TPSA) is 67.6 Å². The van der Waals surface area contributed by atoms with Crippen molar-refractivity contribution in [2.75, 3.05) is 38.5 Å². The number of hydrogen-bond donors (Lipinski definition) is 2. The maximum atomic E-state index is 11.8. The molecule has 5 nitrogen and oxygen atoms in total. The van der Waals surface area contributed by atoms with E-state index in [4.69, 9.17) is 10.5 Å². The van der Waals surface area contributed by atoms with Gasteiger partial charge in [0.2, 0.25) is 5.91 Å². The van der Waals surface area contributed by atoms with Gasteiger partial charge in [-0.2, -0.15) is 0 Å². The summed E-state index contributed by atoms with van der Waals surface area (Å²) >= 11 is 0. The summed E-state index contributed by atoms with van der Waals surface area (Å²) in [5.41, 5.74) is 7.41. The van der Waals surface area contributed by atoms with Crippen LogP contribution in [0.15, 0.2) is 24.3 Å². The van der Waals surface area contributed by atoms with E-state index in [0.717, 1.165) is 31.6 Å². The van der Waals surface area contributed by atoms with Gasteiger partial charge in [-0.15, -0.1) is 0 Å². The number of anilines is 1. The fraction of sp³-hybridized carbons (Fsp3) is 0.500. The Bertz CT molecular complexity index is 511. The lowest BCUT2D eigenvalue weighted by Crippen LogP contribution is -2.34. The lowest BCUT2D eigenvalue weighted by Gasteiger charge is -2.17. The lowest BCUT2D eigenvalue weighted by molar-refractivity contribution is -0.116. The molecule has 0 radical (unpaired) electrons. The van der Waals surface area contributed by atoms with Crippen LogP contribution < -0.4 is 15.8 Å². The van der Waals surface area contributed by atoms with Crippen molar-refractivity contribution < 1.29 is 9.53 Å². The van der Waals surface area contributed by atoms with Gasteiger partial charge in [-0.3, -0.25) is 4.79 Å². The normalized spacial score (nSPS) is 11.1. The van der Waals surface area contributed by atoms with E-state index in [1.54, 1.807) is 6.08 Å². The van der Waals surface area contributed by atoms with Gasteiger partial charge < -0.3 is 20.7 Å². The monoisotopic (exact) mass is 319 g/mol. The minimum absolute atomic E-state index is 0.0953. The van der Waals surface area contributed by atoms with Gasteiger partial charge in [0, 0.05) is 19.2 Å². The average Bonchev–Trinajstić information content (AvgIpc) is 2.56. The summed E-state index contributed by atoms with van der Waals surface area (Å²) in [5, 5.41) is 2.88. The smallest absolute Gasteiger partial charge is 0.244 e. The van der Waals surface area contributed by atoms with Crippen LogP contribution in [0.3, 0.4) is 0 Å². The van der Waals surface area contributed by atoms with Crippen molar-refractivity contribution in [3.8, 4) is 5.75 Å². The van der Waals surface area contributed by atoms with Gasteiger partial charge in [0.25, 0.3) is 0 Å². The SMILES string of the molecule is CCCOc1ccc(/C=C\C(=O)NCCN(CC)CC)cc1N. The second-order valence-corrected chi connectivity index (χ2v) is 5.30. The number of carbonyl (C=O) groups is 1. The maximum absolute atomic E-state index is 11.8. The van der Waals surface area contributed by atoms with Gasteiger partial charge in [-0.1, -0.05) is 26.8 Å². The summed E-state index contributed by atoms with van der Waals surface area (Å²) in [6, 6.07) is 5.54. The summed E-state index contributed by atoms with van der Waals surface area (Å²) in [6.07, 6.45) is 4.23. The molecule has 0 aromatic heterocycles. The molecule has 3 N–H and O–H groups in total. The Kier molecular flexibility index (Phi) is 8.83. The summed E-state index contributed by atoms with van der Waals surface area (Å²) < 4.78 is 5.53. The molecule has 1 amide bonds. The van der Waals surface area contributed by atoms with E-state index >= 15 is 0 Å². The van der Waals surface area contributed by atoms with E-state index in [-0.39, 0.29) is 5.91 Å². The Labute approximate surface area is 139 Å². The van der Waals surface area contributed by atoms with Crippen LogP contribution >= 0.6 is 0 Å². The van der Waals surface area contributed by atoms with Crippen molar-refractivity contribution in [2.45, 2.75) is 27.2 Å². The third kappa shape index (κ3) is 7.19. The fourth-order valence-corrected chi connectivity index (χ4v) is 2.12. The van der Waals surface area contributed by atoms with Gasteiger partial charge >= 0.3 is 0 Å². The van der Waals surface area contributed by atoms with E-state index in [9.17, 15) is 4.79 Å². The third-order valence-corrected chi connectivity index (χ3v) is 3.54. The fourth-order valence-electron chi connectivity index (χ4n) is 2.12. The van der Waals surface area contributed by atoms with Crippen LogP contribution in [0.25, 0.3) is 6.08 Å². The molecule has 0 saturated carbocycles. The maximum Gasteiger partial charge on any atom is 0.244 e. The van der Waals surface area contributed by atoms with Crippen molar-refractivity contribution in [3.05, 3.63) is 29.8 Å². The molecule has 0 aliphatic carbocycles. The molecule has 0 aliphatic rings. The van der Waals surface area contributed by atoms with Gasteiger partial charge in [-0.25, -0.2) is 0 Å². The quantitative estimate of drug-likeness (QED) is 0.514. The molecule has 0 fully saturated rings. The van der Waals surface area contributed by atoms with E-state index in [2.05, 4.69) is 24.1 Å². The second kappa shape index (κ2) is 10.7. The van der Waals surface area contributed by atoms with E-state index in [1.807, 2.05) is 25.1 Å². The number of likely N-dealkylation sites (N-methyl/N-ethyl adjacent to an activating group) is 1. The number of carbonyl (C=O) groups excluding carboxylic acids is 1. The molecule has 5 heteroatoms. The van der Waals surface area contributed by atoms with Crippen LogP contribution in [0.5, 0.6) is 5.75 Å². The van der Waals surface area contributed by atoms with Crippen molar-refractivity contribution in [1.82, 2.24) is 10.2 Å². The van der Waals surface area contributed by atoms with Crippen molar-refractivity contribution in [1.29, 1.82) is 0 Å². The molecule has 23 heavy (non-hydrogen) atoms. The Hall–Kier alpha value is -2.01. The zero-order chi connectivity index (χ0) is 17.1. The number of nitrogens with one attached hydrogen (secondary N) is 1. The number of rotatable bonds is 10. The Morgan fingerprint density at radius 3 is 2.65 bits per heavy atom. The molecule has 128 valence electrons. The Balaban J connectivity index is 2.47. The number of nitrogens with two attached hydrogens (primary N) is 1. The highest BCUT2D eigenvalue weighted by atomic mass is 16.5. The molecule has 0 bridgehead atoms. The molecule has 0 aliphatic heterocycles. The van der Waals surface area contributed by atoms with Crippen LogP contribution in [-0.2, 0) is 4.79 Å². The van der Waals surface area contributed by atoms with E-state index < -0.39 is 0 Å². The lowest BCUT2D eigenvalue weighted by atomic mass is 10.1. The van der Waals surface area contributed by atoms with Crippen molar-refractivity contribution >= 4 is 17.7 Å². The van der Waals surface area contributed by atoms with E-state index in [0.29, 0.717) is 24.6 Å². The highest BCUT2D eigenvalue weighted by Gasteiger charge is 2.02. The Morgan fingerprint density at radius 2 is 2.04 bits per heavy atom. The minimum Gasteiger partial charge on any atom is -0.491 e. The average molecular weight is 319 g/mol. The molecule has 1 aromatic rings. The third-order valence-electron chi connectivity index (χ3n) is 3.54. The summed E-state index contributed by atoms with van der Waals surface area (Å²) in [4.78, 5) is 14.1. The molecule has 0 atom stereocenters. The highest BCUT2D eigenvalue weighted by Crippen LogP contribution is 2.23. The van der Waals surface area contributed by atoms with Crippen LogP contribution in [-0.4, -0.2) is 43.6 Å². The van der Waals surface area contributed by atoms with Gasteiger partial charge in [0.05, 0.1) is 12.3 Å². The number of benzene rings is 1. The number of nitrogen functional groups attached to an aromatic ring is 1. The first-order chi connectivity index (χ1) is 11.1. The first kappa shape index (κ1) is 19.0.